The molecule has 0 saturated carbocycles. The van der Waals surface area contributed by atoms with Gasteiger partial charge in [-0.2, -0.15) is 18.2 Å². The average Bonchev–Trinajstić information content (AvgIpc) is 3.27. The molecule has 26 heavy (non-hydrogen) atoms. The van der Waals surface area contributed by atoms with Crippen molar-refractivity contribution in [3.63, 3.8) is 0 Å². The van der Waals surface area contributed by atoms with E-state index in [0.717, 1.165) is 15.9 Å². The van der Waals surface area contributed by atoms with Crippen LogP contribution in [0, 0.1) is 0 Å². The molecule has 3 heterocycles. The number of benzene rings is 1. The zero-order chi connectivity index (χ0) is 18.3. The van der Waals surface area contributed by atoms with Crippen LogP contribution in [0.4, 0.5) is 13.2 Å². The molecule has 1 amide bonds. The number of carbonyl (C=O) groups is 1. The number of hydrogen-bond donors (Lipinski definition) is 0. The first kappa shape index (κ1) is 16.6. The number of aromatic nitrogens is 4. The van der Waals surface area contributed by atoms with Gasteiger partial charge >= 0.3 is 6.18 Å². The molecule has 1 atom stereocenters. The summed E-state index contributed by atoms with van der Waals surface area (Å²) in [6.07, 6.45) is -2.83. The molecule has 0 aliphatic carbocycles. The standard InChI is InChI=1S/C16H14F3N5O2/c17-16(18,19)8-23-6-10(5-14(23)25)15-21-13(22-26-15)7-24-9-20-11-3-1-2-4-12(11)24/h1-4,9-10H,5-8H2/t10-/m0/s1. The number of rotatable bonds is 4. The molecule has 0 N–H and O–H groups in total. The van der Waals surface area contributed by atoms with Crippen molar-refractivity contribution in [2.45, 2.75) is 25.1 Å². The summed E-state index contributed by atoms with van der Waals surface area (Å²) in [6, 6.07) is 7.57. The molecule has 0 bridgehead atoms. The average molecular weight is 365 g/mol. The Bertz CT molecular complexity index is 949. The Hall–Kier alpha value is -2.91. The zero-order valence-corrected chi connectivity index (χ0v) is 13.5. The highest BCUT2D eigenvalue weighted by Crippen LogP contribution is 2.29. The van der Waals surface area contributed by atoms with Gasteiger partial charge in [-0.25, -0.2) is 4.98 Å². The molecule has 1 fully saturated rings. The second-order valence-electron chi connectivity index (χ2n) is 6.20. The van der Waals surface area contributed by atoms with E-state index < -0.39 is 24.5 Å². The summed E-state index contributed by atoms with van der Waals surface area (Å²) in [5, 5.41) is 3.88. The first-order valence-electron chi connectivity index (χ1n) is 7.96. The third-order valence-corrected chi connectivity index (χ3v) is 4.26. The second kappa shape index (κ2) is 6.11. The Labute approximate surface area is 145 Å². The van der Waals surface area contributed by atoms with Gasteiger partial charge in [0.2, 0.25) is 11.8 Å². The predicted octanol–water partition coefficient (Wildman–Crippen LogP) is 2.35. The van der Waals surface area contributed by atoms with E-state index in [1.165, 1.54) is 0 Å². The topological polar surface area (TPSA) is 77.0 Å². The lowest BCUT2D eigenvalue weighted by atomic mass is 10.1. The van der Waals surface area contributed by atoms with Crippen molar-refractivity contribution in [2.24, 2.45) is 0 Å². The summed E-state index contributed by atoms with van der Waals surface area (Å²) in [5.41, 5.74) is 1.74. The number of halogens is 3. The second-order valence-corrected chi connectivity index (χ2v) is 6.20. The molecule has 136 valence electrons. The fourth-order valence-electron chi connectivity index (χ4n) is 3.09. The van der Waals surface area contributed by atoms with Gasteiger partial charge in [0.1, 0.15) is 6.54 Å². The van der Waals surface area contributed by atoms with E-state index in [1.807, 2.05) is 28.8 Å². The maximum absolute atomic E-state index is 12.5. The maximum atomic E-state index is 12.5. The number of likely N-dealkylation sites (tertiary alicyclic amines) is 1. The lowest BCUT2D eigenvalue weighted by molar-refractivity contribution is -0.157. The minimum atomic E-state index is -4.42. The van der Waals surface area contributed by atoms with Crippen molar-refractivity contribution in [1.82, 2.24) is 24.6 Å². The van der Waals surface area contributed by atoms with Gasteiger partial charge in [-0.05, 0) is 12.1 Å². The quantitative estimate of drug-likeness (QED) is 0.709. The van der Waals surface area contributed by atoms with Crippen LogP contribution < -0.4 is 0 Å². The summed E-state index contributed by atoms with van der Waals surface area (Å²) in [7, 11) is 0. The van der Waals surface area contributed by atoms with Gasteiger partial charge in [0.05, 0.1) is 29.8 Å². The maximum Gasteiger partial charge on any atom is 0.406 e. The molecule has 1 saturated heterocycles. The molecule has 1 aliphatic heterocycles. The highest BCUT2D eigenvalue weighted by molar-refractivity contribution is 5.79. The Kier molecular flexibility index (Phi) is 3.89. The summed E-state index contributed by atoms with van der Waals surface area (Å²) in [4.78, 5) is 21.1. The number of hydrogen-bond acceptors (Lipinski definition) is 5. The van der Waals surface area contributed by atoms with E-state index in [4.69, 9.17) is 4.52 Å². The van der Waals surface area contributed by atoms with Crippen molar-refractivity contribution < 1.29 is 22.5 Å². The van der Waals surface area contributed by atoms with Gasteiger partial charge in [0, 0.05) is 13.0 Å². The lowest BCUT2D eigenvalue weighted by Gasteiger charge is -2.17. The van der Waals surface area contributed by atoms with Crippen LogP contribution in [0.25, 0.3) is 11.0 Å². The number of para-hydroxylation sites is 2. The lowest BCUT2D eigenvalue weighted by Crippen LogP contribution is -2.35. The highest BCUT2D eigenvalue weighted by Gasteiger charge is 2.40. The Morgan fingerprint density at radius 2 is 2.08 bits per heavy atom. The van der Waals surface area contributed by atoms with Gasteiger partial charge in [-0.3, -0.25) is 4.79 Å². The minimum absolute atomic E-state index is 0.0638. The third kappa shape index (κ3) is 3.26. The van der Waals surface area contributed by atoms with E-state index in [9.17, 15) is 18.0 Å². The summed E-state index contributed by atoms with van der Waals surface area (Å²) >= 11 is 0. The summed E-state index contributed by atoms with van der Waals surface area (Å²) < 4.78 is 44.5. The highest BCUT2D eigenvalue weighted by atomic mass is 19.4. The predicted molar refractivity (Wildman–Crippen MR) is 83.1 cm³/mol. The molecular formula is C16H14F3N5O2. The monoisotopic (exact) mass is 365 g/mol. The van der Waals surface area contributed by atoms with Crippen LogP contribution in [-0.4, -0.2) is 49.8 Å². The van der Waals surface area contributed by atoms with Gasteiger partial charge < -0.3 is 14.0 Å². The van der Waals surface area contributed by atoms with Gasteiger partial charge in [0.15, 0.2) is 5.82 Å². The minimum Gasteiger partial charge on any atom is -0.339 e. The Morgan fingerprint density at radius 1 is 1.27 bits per heavy atom. The number of imidazole rings is 1. The first-order chi connectivity index (χ1) is 12.4. The first-order valence-corrected chi connectivity index (χ1v) is 7.96. The van der Waals surface area contributed by atoms with Crippen molar-refractivity contribution in [3.8, 4) is 0 Å². The number of amides is 1. The van der Waals surface area contributed by atoms with Crippen LogP contribution in [0.2, 0.25) is 0 Å². The Morgan fingerprint density at radius 3 is 2.88 bits per heavy atom. The van der Waals surface area contributed by atoms with Gasteiger partial charge in [-0.15, -0.1) is 0 Å². The molecule has 0 unspecified atom stereocenters. The largest absolute Gasteiger partial charge is 0.406 e. The SMILES string of the molecule is O=C1C[C@H](c2nc(Cn3cnc4ccccc43)no2)CN1CC(F)(F)F. The fourth-order valence-corrected chi connectivity index (χ4v) is 3.09. The molecule has 1 aliphatic rings. The summed E-state index contributed by atoms with van der Waals surface area (Å²) in [5.74, 6) is -0.523. The van der Waals surface area contributed by atoms with E-state index in [0.29, 0.717) is 12.4 Å². The van der Waals surface area contributed by atoms with Crippen LogP contribution in [-0.2, 0) is 11.3 Å². The molecule has 2 aromatic heterocycles. The molecule has 10 heteroatoms. The van der Waals surface area contributed by atoms with Gasteiger partial charge in [-0.1, -0.05) is 17.3 Å². The van der Waals surface area contributed by atoms with Crippen LogP contribution in [0.1, 0.15) is 24.1 Å². The number of alkyl halides is 3. The number of nitrogens with zero attached hydrogens (tertiary/aromatic N) is 5. The van der Waals surface area contributed by atoms with Crippen molar-refractivity contribution in [2.75, 3.05) is 13.1 Å². The third-order valence-electron chi connectivity index (χ3n) is 4.26. The van der Waals surface area contributed by atoms with E-state index >= 15 is 0 Å². The molecule has 7 nitrogen and oxygen atoms in total. The smallest absolute Gasteiger partial charge is 0.339 e. The van der Waals surface area contributed by atoms with E-state index in [2.05, 4.69) is 15.1 Å². The van der Waals surface area contributed by atoms with Crippen molar-refractivity contribution >= 4 is 16.9 Å². The fraction of sp³-hybridized carbons (Fsp3) is 0.375. The van der Waals surface area contributed by atoms with Gasteiger partial charge in [0.25, 0.3) is 0 Å². The van der Waals surface area contributed by atoms with E-state index in [-0.39, 0.29) is 18.9 Å². The van der Waals surface area contributed by atoms with Crippen LogP contribution in [0.15, 0.2) is 35.1 Å². The van der Waals surface area contributed by atoms with Crippen LogP contribution >= 0.6 is 0 Å². The molecule has 1 aromatic carbocycles. The van der Waals surface area contributed by atoms with Crippen LogP contribution in [0.3, 0.4) is 0 Å². The zero-order valence-electron chi connectivity index (χ0n) is 13.5. The Balaban J connectivity index is 1.48. The molecule has 0 radical (unpaired) electrons. The number of carbonyl (C=O) groups excluding carboxylic acids is 1. The normalized spacial score (nSPS) is 18.2. The molecule has 0 spiro atoms. The summed E-state index contributed by atoms with van der Waals surface area (Å²) in [6.45, 7) is -1.02. The van der Waals surface area contributed by atoms with E-state index in [1.54, 1.807) is 6.33 Å². The molecule has 3 aromatic rings. The van der Waals surface area contributed by atoms with Crippen molar-refractivity contribution in [3.05, 3.63) is 42.3 Å². The van der Waals surface area contributed by atoms with Crippen LogP contribution in [0.5, 0.6) is 0 Å². The molecule has 4 rings (SSSR count). The molecular weight excluding hydrogens is 351 g/mol. The number of fused-ring (bicyclic) bond motifs is 1. The van der Waals surface area contributed by atoms with Crippen molar-refractivity contribution in [1.29, 1.82) is 0 Å².